The van der Waals surface area contributed by atoms with Gasteiger partial charge >= 0.3 is 3.55 Å². The van der Waals surface area contributed by atoms with Crippen molar-refractivity contribution >= 4 is 28.2 Å². The van der Waals surface area contributed by atoms with Crippen molar-refractivity contribution in [1.82, 2.24) is 10.5 Å². The largest absolute Gasteiger partial charge is 0.361 e. The third-order valence-electron chi connectivity index (χ3n) is 3.18. The van der Waals surface area contributed by atoms with Crippen LogP contribution < -0.4 is 5.32 Å². The minimum Gasteiger partial charge on any atom is -0.361 e. The predicted molar refractivity (Wildman–Crippen MR) is 79.7 cm³/mol. The van der Waals surface area contributed by atoms with Crippen LogP contribution in [0.5, 0.6) is 0 Å². The number of hydrogen-bond acceptors (Lipinski definition) is 5. The van der Waals surface area contributed by atoms with Crippen LogP contribution in [0, 0.1) is 24.0 Å². The van der Waals surface area contributed by atoms with Gasteiger partial charge in [-0.2, -0.15) is 0 Å². The quantitative estimate of drug-likeness (QED) is 0.288. The Morgan fingerprint density at radius 1 is 1.58 bits per heavy atom. The van der Waals surface area contributed by atoms with Crippen molar-refractivity contribution in [1.29, 1.82) is 0 Å². The SMILES string of the molecule is CNC1C=CC(c2c(C)noc2C)=CC1(I)[N+](=O)[O-]. The molecule has 1 heterocycles. The molecule has 2 atom stereocenters. The van der Waals surface area contributed by atoms with Crippen LogP contribution in [-0.2, 0) is 0 Å². The van der Waals surface area contributed by atoms with E-state index in [4.69, 9.17) is 4.52 Å². The fourth-order valence-corrected chi connectivity index (χ4v) is 3.06. The second kappa shape index (κ2) is 5.04. The molecule has 0 aliphatic heterocycles. The van der Waals surface area contributed by atoms with Crippen LogP contribution in [0.15, 0.2) is 22.8 Å². The van der Waals surface area contributed by atoms with E-state index in [1.807, 2.05) is 35.6 Å². The standard InChI is InChI=1S/C12H14IN3O3/c1-7-11(8(2)19-15-7)9-4-5-10(14-3)12(13,6-9)16(17)18/h4-6,10,14H,1-3H3. The molecule has 0 aromatic carbocycles. The zero-order valence-electron chi connectivity index (χ0n) is 10.8. The Hall–Kier alpha value is -1.22. The first-order chi connectivity index (χ1) is 8.90. The molecule has 0 radical (unpaired) electrons. The minimum atomic E-state index is -1.22. The van der Waals surface area contributed by atoms with Gasteiger partial charge in [0.1, 0.15) is 11.8 Å². The van der Waals surface area contributed by atoms with Crippen molar-refractivity contribution in [2.45, 2.75) is 23.4 Å². The molecule has 2 unspecified atom stereocenters. The van der Waals surface area contributed by atoms with Crippen molar-refractivity contribution in [2.75, 3.05) is 7.05 Å². The molecule has 7 heteroatoms. The highest BCUT2D eigenvalue weighted by Gasteiger charge is 2.46. The summed E-state index contributed by atoms with van der Waals surface area (Å²) in [5, 5.41) is 18.2. The zero-order valence-corrected chi connectivity index (χ0v) is 13.0. The molecule has 1 aromatic rings. The lowest BCUT2D eigenvalue weighted by Gasteiger charge is -2.26. The lowest BCUT2D eigenvalue weighted by Crippen LogP contribution is -2.49. The first-order valence-corrected chi connectivity index (χ1v) is 6.83. The van der Waals surface area contributed by atoms with E-state index in [0.717, 1.165) is 16.8 Å². The Morgan fingerprint density at radius 3 is 2.74 bits per heavy atom. The third kappa shape index (κ3) is 2.32. The van der Waals surface area contributed by atoms with Gasteiger partial charge in [-0.05, 0) is 26.5 Å². The van der Waals surface area contributed by atoms with Crippen LogP contribution in [0.4, 0.5) is 0 Å². The van der Waals surface area contributed by atoms with Crippen molar-refractivity contribution < 1.29 is 9.45 Å². The maximum Gasteiger partial charge on any atom is 0.306 e. The molecule has 1 aromatic heterocycles. The van der Waals surface area contributed by atoms with Gasteiger partial charge in [-0.25, -0.2) is 0 Å². The van der Waals surface area contributed by atoms with E-state index in [1.54, 1.807) is 26.1 Å². The second-order valence-electron chi connectivity index (χ2n) is 4.41. The number of alkyl halides is 1. The molecular formula is C12H14IN3O3. The molecule has 0 saturated heterocycles. The van der Waals surface area contributed by atoms with E-state index in [-0.39, 0.29) is 11.0 Å². The first kappa shape index (κ1) is 14.2. The van der Waals surface area contributed by atoms with Gasteiger partial charge in [0.2, 0.25) is 0 Å². The average Bonchev–Trinajstić information content (AvgIpc) is 2.68. The molecule has 2 rings (SSSR count). The van der Waals surface area contributed by atoms with Crippen LogP contribution >= 0.6 is 22.6 Å². The van der Waals surface area contributed by atoms with E-state index in [9.17, 15) is 10.1 Å². The van der Waals surface area contributed by atoms with Crippen LogP contribution in [0.25, 0.3) is 5.57 Å². The summed E-state index contributed by atoms with van der Waals surface area (Å²) in [5.41, 5.74) is 2.33. The van der Waals surface area contributed by atoms with Gasteiger partial charge in [0.05, 0.1) is 5.69 Å². The number of halogens is 1. The third-order valence-corrected chi connectivity index (χ3v) is 4.55. The molecule has 0 amide bonds. The molecule has 0 saturated carbocycles. The Balaban J connectivity index is 2.53. The summed E-state index contributed by atoms with van der Waals surface area (Å²) in [6, 6.07) is -0.354. The number of hydrogen-bond donors (Lipinski definition) is 1. The van der Waals surface area contributed by atoms with Gasteiger partial charge < -0.3 is 9.84 Å². The lowest BCUT2D eigenvalue weighted by atomic mass is 9.93. The number of likely N-dealkylation sites (N-methyl/N-ethyl adjacent to an activating group) is 1. The highest BCUT2D eigenvalue weighted by Crippen LogP contribution is 2.36. The van der Waals surface area contributed by atoms with Gasteiger partial charge in [-0.1, -0.05) is 17.3 Å². The Morgan fingerprint density at radius 2 is 2.26 bits per heavy atom. The summed E-state index contributed by atoms with van der Waals surface area (Å²) in [6.07, 6.45) is 5.33. The Kier molecular flexibility index (Phi) is 3.77. The number of rotatable bonds is 3. The number of aromatic nitrogens is 1. The summed E-state index contributed by atoms with van der Waals surface area (Å²) in [7, 11) is 1.71. The van der Waals surface area contributed by atoms with Gasteiger partial charge in [0.15, 0.2) is 0 Å². The van der Waals surface area contributed by atoms with E-state index >= 15 is 0 Å². The van der Waals surface area contributed by atoms with Crippen LogP contribution in [0.3, 0.4) is 0 Å². The van der Waals surface area contributed by atoms with Crippen LogP contribution in [0.2, 0.25) is 0 Å². The molecule has 19 heavy (non-hydrogen) atoms. The number of nitrogens with one attached hydrogen (secondary N) is 1. The summed E-state index contributed by atoms with van der Waals surface area (Å²) in [6.45, 7) is 3.63. The second-order valence-corrected chi connectivity index (χ2v) is 6.14. The highest BCUT2D eigenvalue weighted by atomic mass is 127. The van der Waals surface area contributed by atoms with Crippen LogP contribution in [-0.4, -0.2) is 26.7 Å². The molecule has 102 valence electrons. The number of nitrogens with zero attached hydrogens (tertiary/aromatic N) is 2. The summed E-state index contributed by atoms with van der Waals surface area (Å²) in [4.78, 5) is 11.1. The molecule has 0 spiro atoms. The van der Waals surface area contributed by atoms with Crippen molar-refractivity contribution in [3.63, 3.8) is 0 Å². The fraction of sp³-hybridized carbons (Fsp3) is 0.417. The molecule has 0 bridgehead atoms. The van der Waals surface area contributed by atoms with Gasteiger partial charge in [-0.15, -0.1) is 0 Å². The molecule has 1 N–H and O–H groups in total. The minimum absolute atomic E-state index is 0.281. The van der Waals surface area contributed by atoms with E-state index < -0.39 is 3.55 Å². The number of allylic oxidation sites excluding steroid dienone is 2. The molecule has 1 aliphatic carbocycles. The Labute approximate surface area is 124 Å². The van der Waals surface area contributed by atoms with E-state index in [0.29, 0.717) is 5.76 Å². The zero-order chi connectivity index (χ0) is 14.2. The van der Waals surface area contributed by atoms with Crippen LogP contribution in [0.1, 0.15) is 17.0 Å². The smallest absolute Gasteiger partial charge is 0.306 e. The van der Waals surface area contributed by atoms with E-state index in [1.165, 1.54) is 0 Å². The lowest BCUT2D eigenvalue weighted by molar-refractivity contribution is -0.519. The topological polar surface area (TPSA) is 81.2 Å². The normalized spacial score (nSPS) is 26.3. The first-order valence-electron chi connectivity index (χ1n) is 5.75. The van der Waals surface area contributed by atoms with Crippen molar-refractivity contribution in [3.05, 3.63) is 45.4 Å². The molecule has 6 nitrogen and oxygen atoms in total. The summed E-state index contributed by atoms with van der Waals surface area (Å²) in [5.74, 6) is 0.665. The van der Waals surface area contributed by atoms with Gasteiger partial charge in [-0.3, -0.25) is 10.1 Å². The van der Waals surface area contributed by atoms with E-state index in [2.05, 4.69) is 10.5 Å². The van der Waals surface area contributed by atoms with Gasteiger partial charge in [0.25, 0.3) is 0 Å². The van der Waals surface area contributed by atoms with Crippen molar-refractivity contribution in [3.8, 4) is 0 Å². The summed E-state index contributed by atoms with van der Waals surface area (Å²) < 4.78 is 3.90. The Bertz CT molecular complexity index is 559. The monoisotopic (exact) mass is 375 g/mol. The summed E-state index contributed by atoms with van der Waals surface area (Å²) >= 11 is 1.87. The number of nitro groups is 1. The molecule has 1 aliphatic rings. The maximum absolute atomic E-state index is 11.4. The molecule has 0 fully saturated rings. The fourth-order valence-electron chi connectivity index (χ4n) is 2.21. The predicted octanol–water partition coefficient (Wildman–Crippen LogP) is 2.24. The molecular weight excluding hydrogens is 361 g/mol. The number of aryl methyl sites for hydroxylation is 2. The van der Waals surface area contributed by atoms with Gasteiger partial charge in [0, 0.05) is 39.2 Å². The average molecular weight is 375 g/mol. The highest BCUT2D eigenvalue weighted by molar-refractivity contribution is 14.1. The maximum atomic E-state index is 11.4. The van der Waals surface area contributed by atoms with Crippen molar-refractivity contribution in [2.24, 2.45) is 0 Å².